The Morgan fingerprint density at radius 1 is 0.839 bits per heavy atom. The lowest BCUT2D eigenvalue weighted by atomic mass is 9.97. The smallest absolute Gasteiger partial charge is 0.356 e. The van der Waals surface area contributed by atoms with Gasteiger partial charge in [-0.25, -0.2) is 19.4 Å². The van der Waals surface area contributed by atoms with E-state index in [0.29, 0.717) is 22.4 Å². The highest BCUT2D eigenvalue weighted by atomic mass is 16.5. The summed E-state index contributed by atoms with van der Waals surface area (Å²) in [6, 6.07) is 17.3. The minimum absolute atomic E-state index is 0.0617. The van der Waals surface area contributed by atoms with Crippen LogP contribution in [0.25, 0.3) is 11.1 Å². The summed E-state index contributed by atoms with van der Waals surface area (Å²) < 4.78 is 15.0. The van der Waals surface area contributed by atoms with Crippen molar-refractivity contribution in [2.75, 3.05) is 14.2 Å². The van der Waals surface area contributed by atoms with Gasteiger partial charge in [-0.15, -0.1) is 0 Å². The van der Waals surface area contributed by atoms with Crippen molar-refractivity contribution in [3.05, 3.63) is 88.7 Å². The van der Waals surface area contributed by atoms with Crippen LogP contribution in [0.2, 0.25) is 0 Å². The molecule has 0 aliphatic carbocycles. The van der Waals surface area contributed by atoms with Crippen LogP contribution in [0, 0.1) is 6.92 Å². The minimum atomic E-state index is -0.625. The van der Waals surface area contributed by atoms with Crippen LogP contribution >= 0.6 is 0 Å². The molecule has 0 aliphatic heterocycles. The number of aromatic nitrogens is 1. The summed E-state index contributed by atoms with van der Waals surface area (Å²) in [6.45, 7) is 1.72. The summed E-state index contributed by atoms with van der Waals surface area (Å²) in [7, 11) is 2.55. The Bertz CT molecular complexity index is 1110. The lowest BCUT2D eigenvalue weighted by molar-refractivity contribution is 0.0469. The van der Waals surface area contributed by atoms with E-state index in [1.165, 1.54) is 20.3 Å². The topological polar surface area (TPSA) is 91.8 Å². The minimum Gasteiger partial charge on any atom is -0.465 e. The molecular weight excluding hydrogens is 398 g/mol. The molecule has 0 fully saturated rings. The SMILES string of the molecule is COC(=O)c1ccc(-c2cc(C(=O)OC)nc(C)c2C(=O)OCc2ccccc2)cc1. The van der Waals surface area contributed by atoms with Crippen LogP contribution in [0.15, 0.2) is 60.7 Å². The molecule has 0 bridgehead atoms. The first-order valence-electron chi connectivity index (χ1n) is 9.44. The number of nitrogens with zero attached hydrogens (tertiary/aromatic N) is 1. The van der Waals surface area contributed by atoms with Gasteiger partial charge in [-0.2, -0.15) is 0 Å². The molecule has 3 rings (SSSR count). The second-order valence-corrected chi connectivity index (χ2v) is 6.64. The molecule has 3 aromatic rings. The molecule has 31 heavy (non-hydrogen) atoms. The summed E-state index contributed by atoms with van der Waals surface area (Å²) in [5.41, 5.74) is 2.88. The van der Waals surface area contributed by atoms with Crippen molar-refractivity contribution in [3.63, 3.8) is 0 Å². The third kappa shape index (κ3) is 4.95. The second-order valence-electron chi connectivity index (χ2n) is 6.64. The third-order valence-electron chi connectivity index (χ3n) is 4.63. The average Bonchev–Trinajstić information content (AvgIpc) is 2.81. The van der Waals surface area contributed by atoms with E-state index < -0.39 is 17.9 Å². The maximum absolute atomic E-state index is 13.0. The van der Waals surface area contributed by atoms with Crippen LogP contribution in [0.1, 0.15) is 42.5 Å². The maximum atomic E-state index is 13.0. The van der Waals surface area contributed by atoms with E-state index in [4.69, 9.17) is 14.2 Å². The molecule has 2 aromatic carbocycles. The van der Waals surface area contributed by atoms with E-state index >= 15 is 0 Å². The summed E-state index contributed by atoms with van der Waals surface area (Å²) in [4.78, 5) is 41.0. The Hall–Kier alpha value is -4.00. The number of carbonyl (C=O) groups is 3. The Morgan fingerprint density at radius 3 is 2.10 bits per heavy atom. The van der Waals surface area contributed by atoms with Crippen molar-refractivity contribution in [3.8, 4) is 11.1 Å². The normalized spacial score (nSPS) is 10.3. The standard InChI is InChI=1S/C24H21NO6/c1-15-21(24(28)31-14-16-7-5-4-6-8-16)19(13-20(25-15)23(27)30-3)17-9-11-18(12-10-17)22(26)29-2/h4-13H,14H2,1-3H3. The van der Waals surface area contributed by atoms with Crippen molar-refractivity contribution in [2.45, 2.75) is 13.5 Å². The average molecular weight is 419 g/mol. The number of carbonyl (C=O) groups excluding carboxylic acids is 3. The van der Waals surface area contributed by atoms with Crippen LogP contribution in [-0.2, 0) is 20.8 Å². The van der Waals surface area contributed by atoms with Crippen LogP contribution in [0.4, 0.5) is 0 Å². The zero-order valence-electron chi connectivity index (χ0n) is 17.4. The number of rotatable bonds is 6. The fourth-order valence-electron chi connectivity index (χ4n) is 3.07. The molecule has 158 valence electrons. The first-order valence-corrected chi connectivity index (χ1v) is 9.44. The molecule has 0 unspecified atom stereocenters. The van der Waals surface area contributed by atoms with Crippen molar-refractivity contribution in [2.24, 2.45) is 0 Å². The first kappa shape index (κ1) is 21.7. The van der Waals surface area contributed by atoms with Gasteiger partial charge in [-0.3, -0.25) is 0 Å². The molecule has 1 heterocycles. The second kappa shape index (κ2) is 9.67. The molecule has 7 heteroatoms. The van der Waals surface area contributed by atoms with Gasteiger partial charge < -0.3 is 14.2 Å². The monoisotopic (exact) mass is 419 g/mol. The van der Waals surface area contributed by atoms with E-state index in [9.17, 15) is 14.4 Å². The lowest BCUT2D eigenvalue weighted by Gasteiger charge is -2.14. The molecule has 0 aliphatic rings. The van der Waals surface area contributed by atoms with Gasteiger partial charge in [0.05, 0.1) is 31.0 Å². The Kier molecular flexibility index (Phi) is 6.77. The Labute approximate surface area is 179 Å². The van der Waals surface area contributed by atoms with Gasteiger partial charge in [0.1, 0.15) is 12.3 Å². The fourth-order valence-corrected chi connectivity index (χ4v) is 3.07. The van der Waals surface area contributed by atoms with Crippen LogP contribution in [-0.4, -0.2) is 37.1 Å². The van der Waals surface area contributed by atoms with Crippen molar-refractivity contribution >= 4 is 17.9 Å². The van der Waals surface area contributed by atoms with Gasteiger partial charge in [-0.05, 0) is 36.2 Å². The predicted molar refractivity (Wildman–Crippen MR) is 113 cm³/mol. The molecule has 0 amide bonds. The zero-order valence-corrected chi connectivity index (χ0v) is 17.4. The van der Waals surface area contributed by atoms with E-state index in [2.05, 4.69) is 4.98 Å². The van der Waals surface area contributed by atoms with Gasteiger partial charge in [0, 0.05) is 5.56 Å². The van der Waals surface area contributed by atoms with E-state index in [0.717, 1.165) is 5.56 Å². The molecular formula is C24H21NO6. The van der Waals surface area contributed by atoms with Gasteiger partial charge in [0.25, 0.3) is 0 Å². The number of pyridine rings is 1. The molecule has 1 aromatic heterocycles. The van der Waals surface area contributed by atoms with Gasteiger partial charge in [0.2, 0.25) is 0 Å². The Morgan fingerprint density at radius 2 is 1.48 bits per heavy atom. The number of methoxy groups -OCH3 is 2. The zero-order chi connectivity index (χ0) is 22.4. The van der Waals surface area contributed by atoms with Gasteiger partial charge in [-0.1, -0.05) is 42.5 Å². The summed E-state index contributed by atoms with van der Waals surface area (Å²) >= 11 is 0. The molecule has 0 radical (unpaired) electrons. The van der Waals surface area contributed by atoms with Crippen LogP contribution < -0.4 is 0 Å². The van der Waals surface area contributed by atoms with E-state index in [1.54, 1.807) is 31.2 Å². The summed E-state index contributed by atoms with van der Waals surface area (Å²) in [5.74, 6) is -1.67. The highest BCUT2D eigenvalue weighted by Gasteiger charge is 2.22. The molecule has 0 saturated heterocycles. The fraction of sp³-hybridized carbons (Fsp3) is 0.167. The number of aryl methyl sites for hydroxylation is 1. The Balaban J connectivity index is 2.02. The number of hydrogen-bond donors (Lipinski definition) is 0. The van der Waals surface area contributed by atoms with Gasteiger partial charge >= 0.3 is 17.9 Å². The quantitative estimate of drug-likeness (QED) is 0.441. The number of benzene rings is 2. The maximum Gasteiger partial charge on any atom is 0.356 e. The molecule has 0 N–H and O–H groups in total. The van der Waals surface area contributed by atoms with E-state index in [-0.39, 0.29) is 17.9 Å². The van der Waals surface area contributed by atoms with E-state index in [1.807, 2.05) is 30.3 Å². The van der Waals surface area contributed by atoms with Crippen LogP contribution in [0.5, 0.6) is 0 Å². The van der Waals surface area contributed by atoms with Gasteiger partial charge in [0.15, 0.2) is 0 Å². The largest absolute Gasteiger partial charge is 0.465 e. The van der Waals surface area contributed by atoms with Crippen molar-refractivity contribution < 1.29 is 28.6 Å². The molecule has 7 nitrogen and oxygen atoms in total. The first-order chi connectivity index (χ1) is 14.9. The highest BCUT2D eigenvalue weighted by Crippen LogP contribution is 2.28. The number of ether oxygens (including phenoxy) is 3. The predicted octanol–water partition coefficient (Wildman–Crippen LogP) is 3.99. The van der Waals surface area contributed by atoms with Crippen LogP contribution in [0.3, 0.4) is 0 Å². The van der Waals surface area contributed by atoms with Crippen molar-refractivity contribution in [1.82, 2.24) is 4.98 Å². The molecule has 0 spiro atoms. The highest BCUT2D eigenvalue weighted by molar-refractivity contribution is 6.01. The lowest BCUT2D eigenvalue weighted by Crippen LogP contribution is -2.14. The molecule has 0 atom stereocenters. The number of hydrogen-bond acceptors (Lipinski definition) is 7. The third-order valence-corrected chi connectivity index (χ3v) is 4.63. The summed E-state index contributed by atoms with van der Waals surface area (Å²) in [5, 5.41) is 0. The molecule has 0 saturated carbocycles. The van der Waals surface area contributed by atoms with Crippen molar-refractivity contribution in [1.29, 1.82) is 0 Å². The summed E-state index contributed by atoms with van der Waals surface area (Å²) in [6.07, 6.45) is 0. The number of esters is 3.